The maximum Gasteiger partial charge on any atom is 0.253 e. The van der Waals surface area contributed by atoms with E-state index in [0.29, 0.717) is 18.7 Å². The largest absolute Gasteiger partial charge is 0.497 e. The Kier molecular flexibility index (Phi) is 7.93. The number of fused-ring (bicyclic) bond motifs is 1. The second-order valence-electron chi connectivity index (χ2n) is 11.2. The van der Waals surface area contributed by atoms with E-state index in [2.05, 4.69) is 43.6 Å². The number of nitrogens with zero attached hydrogens (tertiary/aromatic N) is 5. The quantitative estimate of drug-likeness (QED) is 0.314. The summed E-state index contributed by atoms with van der Waals surface area (Å²) in [5.41, 5.74) is 3.56. The first-order valence-corrected chi connectivity index (χ1v) is 14.5. The SMILES string of the molecule is COc1ccc(CN(C[C@@H]2CCCO2)[C@H](c2cc3cccc(C)c3[nH]c2=O)c2nnnn2C2CCCCC2)cc1. The summed E-state index contributed by atoms with van der Waals surface area (Å²) >= 11 is 0. The lowest BCUT2D eigenvalue weighted by molar-refractivity contribution is 0.0567. The average molecular weight is 543 g/mol. The van der Waals surface area contributed by atoms with Crippen molar-refractivity contribution in [3.8, 4) is 5.75 Å². The van der Waals surface area contributed by atoms with E-state index in [1.165, 1.54) is 6.42 Å². The highest BCUT2D eigenvalue weighted by molar-refractivity contribution is 5.82. The van der Waals surface area contributed by atoms with E-state index >= 15 is 0 Å². The van der Waals surface area contributed by atoms with Crippen LogP contribution in [0.4, 0.5) is 0 Å². The molecule has 0 unspecified atom stereocenters. The molecule has 2 aromatic heterocycles. The Morgan fingerprint density at radius 3 is 2.67 bits per heavy atom. The van der Waals surface area contributed by atoms with Crippen LogP contribution in [0.25, 0.3) is 10.9 Å². The maximum atomic E-state index is 13.9. The van der Waals surface area contributed by atoms with Crippen molar-refractivity contribution < 1.29 is 9.47 Å². The fourth-order valence-corrected chi connectivity index (χ4v) is 6.35. The molecule has 0 radical (unpaired) electrons. The minimum Gasteiger partial charge on any atom is -0.497 e. The summed E-state index contributed by atoms with van der Waals surface area (Å²) in [6, 6.07) is 16.0. The number of H-pyrrole nitrogens is 1. The Bertz CT molecular complexity index is 1490. The van der Waals surface area contributed by atoms with Gasteiger partial charge >= 0.3 is 0 Å². The number of methoxy groups -OCH3 is 1. The highest BCUT2D eigenvalue weighted by Gasteiger charge is 2.35. The van der Waals surface area contributed by atoms with E-state index in [1.54, 1.807) is 7.11 Å². The van der Waals surface area contributed by atoms with Crippen LogP contribution in [0.1, 0.15) is 79.5 Å². The summed E-state index contributed by atoms with van der Waals surface area (Å²) in [5.74, 6) is 1.53. The number of para-hydroxylation sites is 1. The molecule has 9 nitrogen and oxygen atoms in total. The van der Waals surface area contributed by atoms with Crippen LogP contribution in [-0.2, 0) is 11.3 Å². The van der Waals surface area contributed by atoms with Crippen molar-refractivity contribution in [1.82, 2.24) is 30.1 Å². The molecule has 2 fully saturated rings. The van der Waals surface area contributed by atoms with Crippen molar-refractivity contribution in [2.75, 3.05) is 20.3 Å². The number of aryl methyl sites for hydroxylation is 1. The van der Waals surface area contributed by atoms with Gasteiger partial charge in [-0.15, -0.1) is 5.10 Å². The van der Waals surface area contributed by atoms with Gasteiger partial charge in [0.2, 0.25) is 0 Å². The Morgan fingerprint density at radius 2 is 1.93 bits per heavy atom. The second-order valence-corrected chi connectivity index (χ2v) is 11.2. The average Bonchev–Trinajstić information content (AvgIpc) is 3.68. The fourth-order valence-electron chi connectivity index (χ4n) is 6.35. The summed E-state index contributed by atoms with van der Waals surface area (Å²) in [6.07, 6.45) is 7.77. The number of aromatic nitrogens is 5. The number of benzene rings is 2. The molecule has 1 aliphatic carbocycles. The number of hydrogen-bond acceptors (Lipinski definition) is 7. The minimum atomic E-state index is -0.447. The predicted octanol–water partition coefficient (Wildman–Crippen LogP) is 5.11. The van der Waals surface area contributed by atoms with Gasteiger partial charge in [-0.1, -0.05) is 49.6 Å². The Balaban J connectivity index is 1.49. The molecule has 6 rings (SSSR count). The maximum absolute atomic E-state index is 13.9. The summed E-state index contributed by atoms with van der Waals surface area (Å²) in [4.78, 5) is 19.4. The minimum absolute atomic E-state index is 0.0848. The molecule has 1 aliphatic heterocycles. The molecule has 2 atom stereocenters. The van der Waals surface area contributed by atoms with Gasteiger partial charge in [-0.3, -0.25) is 9.69 Å². The van der Waals surface area contributed by atoms with Crippen molar-refractivity contribution in [2.24, 2.45) is 0 Å². The van der Waals surface area contributed by atoms with Crippen molar-refractivity contribution in [1.29, 1.82) is 0 Å². The van der Waals surface area contributed by atoms with Gasteiger partial charge < -0.3 is 14.5 Å². The Hall–Kier alpha value is -3.56. The van der Waals surface area contributed by atoms with Crippen molar-refractivity contribution in [2.45, 2.75) is 76.6 Å². The molecular formula is C31H38N6O3. The van der Waals surface area contributed by atoms with Gasteiger partial charge in [-0.2, -0.15) is 0 Å². The monoisotopic (exact) mass is 542 g/mol. The summed E-state index contributed by atoms with van der Waals surface area (Å²) in [6.45, 7) is 4.06. The van der Waals surface area contributed by atoms with Crippen molar-refractivity contribution in [3.63, 3.8) is 0 Å². The lowest BCUT2D eigenvalue weighted by atomic mass is 9.94. The molecule has 1 N–H and O–H groups in total. The van der Waals surface area contributed by atoms with Crippen LogP contribution in [0, 0.1) is 6.92 Å². The zero-order valence-electron chi connectivity index (χ0n) is 23.4. The van der Waals surface area contributed by atoms with E-state index in [0.717, 1.165) is 78.7 Å². The molecule has 0 amide bonds. The van der Waals surface area contributed by atoms with Gasteiger partial charge in [0.15, 0.2) is 5.82 Å². The topological polar surface area (TPSA) is 98.2 Å². The fraction of sp³-hybridized carbons (Fsp3) is 0.484. The van der Waals surface area contributed by atoms with Crippen LogP contribution in [0.15, 0.2) is 53.3 Å². The third kappa shape index (κ3) is 5.53. The first-order valence-electron chi connectivity index (χ1n) is 14.5. The second kappa shape index (κ2) is 11.9. The molecular weight excluding hydrogens is 504 g/mol. The predicted molar refractivity (Wildman–Crippen MR) is 153 cm³/mol. The third-order valence-corrected chi connectivity index (χ3v) is 8.47. The van der Waals surface area contributed by atoms with E-state index in [4.69, 9.17) is 9.47 Å². The van der Waals surface area contributed by atoms with Gasteiger partial charge in [0.1, 0.15) is 11.8 Å². The van der Waals surface area contributed by atoms with E-state index in [1.807, 2.05) is 41.9 Å². The van der Waals surface area contributed by atoms with Crippen LogP contribution < -0.4 is 10.3 Å². The number of hydrogen-bond donors (Lipinski definition) is 1. The molecule has 4 aromatic rings. The molecule has 210 valence electrons. The molecule has 40 heavy (non-hydrogen) atoms. The van der Waals surface area contributed by atoms with Gasteiger partial charge in [0.05, 0.1) is 24.8 Å². The van der Waals surface area contributed by atoms with Crippen LogP contribution in [0.3, 0.4) is 0 Å². The number of aromatic amines is 1. The summed E-state index contributed by atoms with van der Waals surface area (Å²) < 4.78 is 13.5. The van der Waals surface area contributed by atoms with Crippen molar-refractivity contribution in [3.05, 3.63) is 81.4 Å². The summed E-state index contributed by atoms with van der Waals surface area (Å²) in [7, 11) is 1.67. The molecule has 1 saturated carbocycles. The number of pyridine rings is 1. The van der Waals surface area contributed by atoms with Gasteiger partial charge in [0.25, 0.3) is 5.56 Å². The number of ether oxygens (including phenoxy) is 2. The van der Waals surface area contributed by atoms with Gasteiger partial charge in [-0.25, -0.2) is 4.68 Å². The first kappa shape index (κ1) is 26.7. The van der Waals surface area contributed by atoms with E-state index < -0.39 is 6.04 Å². The standard InChI is InChI=1S/C31H38N6O3/c1-21-8-6-9-23-18-27(31(38)32-28(21)23)29(30-33-34-35-37(30)24-10-4-3-5-11-24)36(20-26-12-7-17-40-26)19-22-13-15-25(39-2)16-14-22/h6,8-9,13-16,18,24,26,29H,3-5,7,10-12,17,19-20H2,1-2H3,(H,32,38)/t26-,29+/m0/s1. The van der Waals surface area contributed by atoms with E-state index in [9.17, 15) is 4.79 Å². The van der Waals surface area contributed by atoms with Gasteiger partial charge in [-0.05, 0) is 77.7 Å². The van der Waals surface area contributed by atoms with Crippen LogP contribution >= 0.6 is 0 Å². The van der Waals surface area contributed by atoms with Crippen LogP contribution in [0.2, 0.25) is 0 Å². The normalized spacial score (nSPS) is 18.9. The molecule has 2 aliphatic rings. The zero-order chi connectivity index (χ0) is 27.5. The van der Waals surface area contributed by atoms with Crippen LogP contribution in [0.5, 0.6) is 5.75 Å². The zero-order valence-corrected chi connectivity index (χ0v) is 23.4. The molecule has 3 heterocycles. The molecule has 0 bridgehead atoms. The molecule has 9 heteroatoms. The third-order valence-electron chi connectivity index (χ3n) is 8.47. The highest BCUT2D eigenvalue weighted by Crippen LogP contribution is 2.35. The lowest BCUT2D eigenvalue weighted by Crippen LogP contribution is -2.39. The molecule has 1 saturated heterocycles. The summed E-state index contributed by atoms with van der Waals surface area (Å²) in [5, 5.41) is 14.3. The number of rotatable bonds is 9. The Labute approximate surface area is 234 Å². The van der Waals surface area contributed by atoms with Crippen molar-refractivity contribution >= 4 is 10.9 Å². The lowest BCUT2D eigenvalue weighted by Gasteiger charge is -2.34. The first-order chi connectivity index (χ1) is 19.6. The van der Waals surface area contributed by atoms with E-state index in [-0.39, 0.29) is 17.7 Å². The van der Waals surface area contributed by atoms with Crippen LogP contribution in [-0.4, -0.2) is 56.5 Å². The van der Waals surface area contributed by atoms with Gasteiger partial charge in [0, 0.05) is 25.3 Å². The number of nitrogens with one attached hydrogen (secondary N) is 1. The smallest absolute Gasteiger partial charge is 0.253 e. The number of tetrazole rings is 1. The Morgan fingerprint density at radius 1 is 1.10 bits per heavy atom. The molecule has 0 spiro atoms. The molecule has 2 aromatic carbocycles. The highest BCUT2D eigenvalue weighted by atomic mass is 16.5.